The van der Waals surface area contributed by atoms with Crippen LogP contribution in [0.4, 0.5) is 0 Å². The number of fused-ring (bicyclic) bond motifs is 1. The summed E-state index contributed by atoms with van der Waals surface area (Å²) in [5, 5.41) is 5.34. The SMILES string of the molecule is O=S(=O)(c1ccsc1CNC1CC1)N1CC2CCCC2C1. The minimum atomic E-state index is -3.29. The summed E-state index contributed by atoms with van der Waals surface area (Å²) in [6.45, 7) is 2.16. The second kappa shape index (κ2) is 5.33. The van der Waals surface area contributed by atoms with Gasteiger partial charge in [-0.2, -0.15) is 4.31 Å². The monoisotopic (exact) mass is 326 g/mol. The molecule has 1 aliphatic heterocycles. The number of hydrogen-bond donors (Lipinski definition) is 1. The number of rotatable bonds is 5. The van der Waals surface area contributed by atoms with Crippen LogP contribution in [0.1, 0.15) is 37.0 Å². The van der Waals surface area contributed by atoms with E-state index in [1.807, 2.05) is 5.38 Å². The normalized spacial score (nSPS) is 29.9. The Hall–Kier alpha value is -0.430. The fraction of sp³-hybridized carbons (Fsp3) is 0.733. The van der Waals surface area contributed by atoms with Crippen LogP contribution in [0.2, 0.25) is 0 Å². The van der Waals surface area contributed by atoms with E-state index >= 15 is 0 Å². The van der Waals surface area contributed by atoms with Gasteiger partial charge in [0.15, 0.2) is 0 Å². The summed E-state index contributed by atoms with van der Waals surface area (Å²) in [6, 6.07) is 2.40. The Labute approximate surface area is 130 Å². The molecule has 0 spiro atoms. The van der Waals surface area contributed by atoms with Crippen LogP contribution in [-0.2, 0) is 16.6 Å². The Bertz CT molecular complexity index is 609. The number of hydrogen-bond acceptors (Lipinski definition) is 4. The van der Waals surface area contributed by atoms with Gasteiger partial charge in [0.05, 0.1) is 4.90 Å². The summed E-state index contributed by atoms with van der Waals surface area (Å²) in [5.74, 6) is 1.21. The number of nitrogens with zero attached hydrogens (tertiary/aromatic N) is 1. The molecule has 3 aliphatic rings. The average Bonchev–Trinajstić information content (AvgIpc) is 2.88. The van der Waals surface area contributed by atoms with Gasteiger partial charge < -0.3 is 5.32 Å². The highest BCUT2D eigenvalue weighted by molar-refractivity contribution is 7.89. The molecule has 1 aromatic rings. The molecular weight excluding hydrogens is 304 g/mol. The zero-order valence-electron chi connectivity index (χ0n) is 12.1. The fourth-order valence-electron chi connectivity index (χ4n) is 3.74. The van der Waals surface area contributed by atoms with E-state index in [4.69, 9.17) is 0 Å². The second-order valence-corrected chi connectivity index (χ2v) is 9.54. The first kappa shape index (κ1) is 14.2. The first-order valence-electron chi connectivity index (χ1n) is 7.94. The van der Waals surface area contributed by atoms with Crippen molar-refractivity contribution in [1.29, 1.82) is 0 Å². The lowest BCUT2D eigenvalue weighted by atomic mass is 10.0. The predicted molar refractivity (Wildman–Crippen MR) is 83.8 cm³/mol. The van der Waals surface area contributed by atoms with Crippen LogP contribution in [0.3, 0.4) is 0 Å². The Morgan fingerprint density at radius 3 is 2.57 bits per heavy atom. The average molecular weight is 326 g/mol. The molecule has 2 heterocycles. The number of nitrogens with one attached hydrogen (secondary N) is 1. The van der Waals surface area contributed by atoms with E-state index in [1.54, 1.807) is 21.7 Å². The van der Waals surface area contributed by atoms with Crippen molar-refractivity contribution < 1.29 is 8.42 Å². The van der Waals surface area contributed by atoms with Crippen LogP contribution < -0.4 is 5.32 Å². The first-order valence-corrected chi connectivity index (χ1v) is 10.3. The molecule has 2 unspecified atom stereocenters. The molecule has 6 heteroatoms. The Balaban J connectivity index is 1.52. The minimum Gasteiger partial charge on any atom is -0.309 e. The Morgan fingerprint density at radius 1 is 1.19 bits per heavy atom. The van der Waals surface area contributed by atoms with Crippen molar-refractivity contribution in [2.45, 2.75) is 49.6 Å². The zero-order chi connectivity index (χ0) is 14.4. The molecular formula is C15H22N2O2S2. The molecule has 0 amide bonds. The maximum Gasteiger partial charge on any atom is 0.244 e. The van der Waals surface area contributed by atoms with E-state index in [2.05, 4.69) is 5.32 Å². The van der Waals surface area contributed by atoms with Gasteiger partial charge in [-0.15, -0.1) is 11.3 Å². The zero-order valence-corrected chi connectivity index (χ0v) is 13.8. The van der Waals surface area contributed by atoms with Crippen LogP contribution in [0, 0.1) is 11.8 Å². The van der Waals surface area contributed by atoms with Gasteiger partial charge in [-0.1, -0.05) is 6.42 Å². The van der Waals surface area contributed by atoms with Crippen molar-refractivity contribution in [2.75, 3.05) is 13.1 Å². The molecule has 2 aliphatic carbocycles. The van der Waals surface area contributed by atoms with Crippen molar-refractivity contribution in [3.8, 4) is 0 Å². The quantitative estimate of drug-likeness (QED) is 0.904. The third-order valence-electron chi connectivity index (χ3n) is 5.14. The number of thiophene rings is 1. The topological polar surface area (TPSA) is 49.4 Å². The van der Waals surface area contributed by atoms with Gasteiger partial charge >= 0.3 is 0 Å². The van der Waals surface area contributed by atoms with Crippen molar-refractivity contribution >= 4 is 21.4 Å². The van der Waals surface area contributed by atoms with E-state index in [-0.39, 0.29) is 0 Å². The van der Waals surface area contributed by atoms with Gasteiger partial charge in [0, 0.05) is 30.6 Å². The first-order chi connectivity index (χ1) is 10.1. The lowest BCUT2D eigenvalue weighted by Crippen LogP contribution is -2.30. The van der Waals surface area contributed by atoms with Crippen LogP contribution in [0.5, 0.6) is 0 Å². The molecule has 1 saturated heterocycles. The standard InChI is InChI=1S/C15H22N2O2S2/c18-21(19,17-9-11-2-1-3-12(11)10-17)15-6-7-20-14(15)8-16-13-4-5-13/h6-7,11-13,16H,1-5,8-10H2. The van der Waals surface area contributed by atoms with Gasteiger partial charge in [0.2, 0.25) is 10.0 Å². The highest BCUT2D eigenvalue weighted by atomic mass is 32.2. The maximum absolute atomic E-state index is 12.9. The summed E-state index contributed by atoms with van der Waals surface area (Å²) in [4.78, 5) is 1.51. The van der Waals surface area contributed by atoms with Gasteiger partial charge in [0.1, 0.15) is 0 Å². The lowest BCUT2D eigenvalue weighted by Gasteiger charge is -2.17. The molecule has 2 atom stereocenters. The molecule has 1 N–H and O–H groups in total. The highest BCUT2D eigenvalue weighted by Gasteiger charge is 2.42. The summed E-state index contributed by atoms with van der Waals surface area (Å²) >= 11 is 1.56. The van der Waals surface area contributed by atoms with E-state index < -0.39 is 10.0 Å². The third-order valence-corrected chi connectivity index (χ3v) is 8.11. The number of sulfonamides is 1. The van der Waals surface area contributed by atoms with Gasteiger partial charge in [-0.3, -0.25) is 0 Å². The van der Waals surface area contributed by atoms with Crippen molar-refractivity contribution in [2.24, 2.45) is 11.8 Å². The molecule has 3 fully saturated rings. The third kappa shape index (κ3) is 2.67. The highest BCUT2D eigenvalue weighted by Crippen LogP contribution is 2.40. The molecule has 1 aromatic heterocycles. The Morgan fingerprint density at radius 2 is 1.90 bits per heavy atom. The summed E-state index contributed by atoms with van der Waals surface area (Å²) in [6.07, 6.45) is 6.14. The molecule has 0 aromatic carbocycles. The predicted octanol–water partition coefficient (Wildman–Crippen LogP) is 2.42. The molecule has 4 rings (SSSR count). The molecule has 0 bridgehead atoms. The van der Waals surface area contributed by atoms with Gasteiger partial charge in [0.25, 0.3) is 0 Å². The summed E-state index contributed by atoms with van der Waals surface area (Å²) in [7, 11) is -3.29. The Kier molecular flexibility index (Phi) is 3.60. The van der Waals surface area contributed by atoms with Crippen LogP contribution in [0.25, 0.3) is 0 Å². The molecule has 0 radical (unpaired) electrons. The fourth-order valence-corrected chi connectivity index (χ4v) is 6.66. The molecule has 21 heavy (non-hydrogen) atoms. The van der Waals surface area contributed by atoms with Crippen molar-refractivity contribution in [3.63, 3.8) is 0 Å². The lowest BCUT2D eigenvalue weighted by molar-refractivity contribution is 0.445. The second-order valence-electron chi connectivity index (χ2n) is 6.64. The van der Waals surface area contributed by atoms with E-state index in [1.165, 1.54) is 32.1 Å². The van der Waals surface area contributed by atoms with Crippen LogP contribution in [-0.4, -0.2) is 31.9 Å². The molecule has 2 saturated carbocycles. The summed E-state index contributed by atoms with van der Waals surface area (Å²) in [5.41, 5.74) is 0. The summed E-state index contributed by atoms with van der Waals surface area (Å²) < 4.78 is 27.6. The van der Waals surface area contributed by atoms with Crippen LogP contribution in [0.15, 0.2) is 16.3 Å². The maximum atomic E-state index is 12.9. The van der Waals surface area contributed by atoms with E-state index in [0.29, 0.717) is 29.3 Å². The van der Waals surface area contributed by atoms with E-state index in [0.717, 1.165) is 18.0 Å². The smallest absolute Gasteiger partial charge is 0.244 e. The van der Waals surface area contributed by atoms with Crippen molar-refractivity contribution in [3.05, 3.63) is 16.3 Å². The molecule has 4 nitrogen and oxygen atoms in total. The minimum absolute atomic E-state index is 0.542. The van der Waals surface area contributed by atoms with Gasteiger partial charge in [-0.25, -0.2) is 8.42 Å². The largest absolute Gasteiger partial charge is 0.309 e. The molecule has 116 valence electrons. The van der Waals surface area contributed by atoms with E-state index in [9.17, 15) is 8.42 Å². The van der Waals surface area contributed by atoms with Crippen LogP contribution >= 0.6 is 11.3 Å². The van der Waals surface area contributed by atoms with Gasteiger partial charge in [-0.05, 0) is 49.0 Å². The van der Waals surface area contributed by atoms with Crippen molar-refractivity contribution in [1.82, 2.24) is 9.62 Å².